The van der Waals surface area contributed by atoms with Gasteiger partial charge in [-0.2, -0.15) is 5.06 Å². The summed E-state index contributed by atoms with van der Waals surface area (Å²) in [6.07, 6.45) is 0.262. The standard InChI is InChI=1S/C19H23NO3/c1-13-9-14(2)19(15(3)10-13)23-20(4)18(21)12-16-7-6-8-17(11-16)22-5/h6-11H,12H2,1-5H3. The average Bonchev–Trinajstić information content (AvgIpc) is 2.50. The number of rotatable bonds is 5. The van der Waals surface area contributed by atoms with Crippen molar-refractivity contribution in [2.45, 2.75) is 27.2 Å². The molecule has 0 bridgehead atoms. The molecule has 0 aliphatic rings. The van der Waals surface area contributed by atoms with Crippen molar-refractivity contribution in [3.05, 3.63) is 58.7 Å². The number of carbonyl (C=O) groups is 1. The SMILES string of the molecule is COc1cccc(CC(=O)N(C)Oc2c(C)cc(C)cc2C)c1. The molecule has 0 heterocycles. The third-order valence-corrected chi connectivity index (χ3v) is 3.67. The average molecular weight is 313 g/mol. The van der Waals surface area contributed by atoms with Crippen LogP contribution in [0.15, 0.2) is 36.4 Å². The van der Waals surface area contributed by atoms with E-state index < -0.39 is 0 Å². The molecule has 1 amide bonds. The topological polar surface area (TPSA) is 38.8 Å². The number of aryl methyl sites for hydroxylation is 3. The van der Waals surface area contributed by atoms with E-state index in [4.69, 9.17) is 9.57 Å². The summed E-state index contributed by atoms with van der Waals surface area (Å²) in [5.74, 6) is 1.36. The molecule has 2 aromatic rings. The molecular weight excluding hydrogens is 290 g/mol. The van der Waals surface area contributed by atoms with Crippen molar-refractivity contribution in [1.29, 1.82) is 0 Å². The fourth-order valence-electron chi connectivity index (χ4n) is 2.57. The van der Waals surface area contributed by atoms with Crippen molar-refractivity contribution in [3.8, 4) is 11.5 Å². The smallest absolute Gasteiger partial charge is 0.259 e. The van der Waals surface area contributed by atoms with Crippen LogP contribution in [0.4, 0.5) is 0 Å². The van der Waals surface area contributed by atoms with Gasteiger partial charge in [0.15, 0.2) is 5.75 Å². The minimum atomic E-state index is -0.113. The van der Waals surface area contributed by atoms with Crippen LogP contribution in [0.3, 0.4) is 0 Å². The van der Waals surface area contributed by atoms with Crippen LogP contribution in [-0.4, -0.2) is 25.1 Å². The molecule has 0 radical (unpaired) electrons. The van der Waals surface area contributed by atoms with E-state index in [0.717, 1.165) is 28.2 Å². The molecule has 2 rings (SSSR count). The van der Waals surface area contributed by atoms with Gasteiger partial charge in [-0.05, 0) is 49.6 Å². The van der Waals surface area contributed by atoms with Crippen molar-refractivity contribution < 1.29 is 14.4 Å². The van der Waals surface area contributed by atoms with Gasteiger partial charge < -0.3 is 9.57 Å². The lowest BCUT2D eigenvalue weighted by Crippen LogP contribution is -2.32. The highest BCUT2D eigenvalue weighted by atomic mass is 16.7. The van der Waals surface area contributed by atoms with Gasteiger partial charge in [0.05, 0.1) is 13.5 Å². The van der Waals surface area contributed by atoms with Gasteiger partial charge in [-0.25, -0.2) is 0 Å². The zero-order valence-electron chi connectivity index (χ0n) is 14.3. The van der Waals surface area contributed by atoms with Crippen LogP contribution in [-0.2, 0) is 11.2 Å². The first-order valence-corrected chi connectivity index (χ1v) is 7.56. The first-order valence-electron chi connectivity index (χ1n) is 7.56. The maximum atomic E-state index is 12.4. The van der Waals surface area contributed by atoms with Crippen molar-refractivity contribution >= 4 is 5.91 Å². The number of benzene rings is 2. The predicted molar refractivity (Wildman–Crippen MR) is 90.7 cm³/mol. The highest BCUT2D eigenvalue weighted by Gasteiger charge is 2.15. The molecule has 23 heavy (non-hydrogen) atoms. The number of likely N-dealkylation sites (N-methyl/N-ethyl adjacent to an activating group) is 1. The van der Waals surface area contributed by atoms with E-state index >= 15 is 0 Å². The maximum Gasteiger partial charge on any atom is 0.259 e. The quantitative estimate of drug-likeness (QED) is 0.792. The summed E-state index contributed by atoms with van der Waals surface area (Å²) in [6.45, 7) is 6.01. The Balaban J connectivity index is 2.08. The van der Waals surface area contributed by atoms with Crippen LogP contribution in [0.5, 0.6) is 11.5 Å². The van der Waals surface area contributed by atoms with E-state index in [1.807, 2.05) is 57.2 Å². The molecule has 0 N–H and O–H groups in total. The van der Waals surface area contributed by atoms with Gasteiger partial charge in [-0.3, -0.25) is 4.79 Å². The third kappa shape index (κ3) is 4.25. The molecule has 0 aromatic heterocycles. The number of amides is 1. The normalized spacial score (nSPS) is 10.3. The van der Waals surface area contributed by atoms with Crippen LogP contribution in [0.25, 0.3) is 0 Å². The van der Waals surface area contributed by atoms with Gasteiger partial charge in [0, 0.05) is 7.05 Å². The molecule has 4 heteroatoms. The molecule has 0 aliphatic heterocycles. The minimum absolute atomic E-state index is 0.113. The number of hydrogen-bond acceptors (Lipinski definition) is 3. The summed E-state index contributed by atoms with van der Waals surface area (Å²) < 4.78 is 5.18. The predicted octanol–water partition coefficient (Wildman–Crippen LogP) is 3.62. The van der Waals surface area contributed by atoms with Crippen molar-refractivity contribution in [2.75, 3.05) is 14.2 Å². The molecular formula is C19H23NO3. The molecule has 2 aromatic carbocycles. The van der Waals surface area contributed by atoms with Crippen LogP contribution < -0.4 is 9.57 Å². The zero-order valence-corrected chi connectivity index (χ0v) is 14.3. The molecule has 0 atom stereocenters. The van der Waals surface area contributed by atoms with Gasteiger partial charge in [-0.1, -0.05) is 29.8 Å². The molecule has 0 unspecified atom stereocenters. The second-order valence-corrected chi connectivity index (χ2v) is 5.74. The Bertz CT molecular complexity index is 687. The third-order valence-electron chi connectivity index (χ3n) is 3.67. The Hall–Kier alpha value is -2.49. The molecule has 0 fully saturated rings. The fraction of sp³-hybridized carbons (Fsp3) is 0.316. The number of carbonyl (C=O) groups excluding carboxylic acids is 1. The van der Waals surface area contributed by atoms with E-state index in [1.54, 1.807) is 14.2 Å². The Labute approximate surface area is 137 Å². The van der Waals surface area contributed by atoms with Gasteiger partial charge >= 0.3 is 0 Å². The van der Waals surface area contributed by atoms with Crippen LogP contribution in [0.1, 0.15) is 22.3 Å². The van der Waals surface area contributed by atoms with Gasteiger partial charge in [0.1, 0.15) is 5.75 Å². The van der Waals surface area contributed by atoms with Crippen molar-refractivity contribution in [2.24, 2.45) is 0 Å². The van der Waals surface area contributed by atoms with Crippen molar-refractivity contribution in [3.63, 3.8) is 0 Å². The molecule has 0 aliphatic carbocycles. The van der Waals surface area contributed by atoms with Gasteiger partial charge in [-0.15, -0.1) is 0 Å². The van der Waals surface area contributed by atoms with E-state index in [2.05, 4.69) is 0 Å². The number of hydrogen-bond donors (Lipinski definition) is 0. The lowest BCUT2D eigenvalue weighted by Gasteiger charge is -2.21. The fourth-order valence-corrected chi connectivity index (χ4v) is 2.57. The highest BCUT2D eigenvalue weighted by molar-refractivity contribution is 5.77. The number of nitrogens with zero attached hydrogens (tertiary/aromatic N) is 1. The van der Waals surface area contributed by atoms with Gasteiger partial charge in [0.25, 0.3) is 5.91 Å². The second-order valence-electron chi connectivity index (χ2n) is 5.74. The minimum Gasteiger partial charge on any atom is -0.497 e. The molecule has 4 nitrogen and oxygen atoms in total. The molecule has 0 spiro atoms. The maximum absolute atomic E-state index is 12.4. The van der Waals surface area contributed by atoms with Crippen LogP contribution in [0.2, 0.25) is 0 Å². The van der Waals surface area contributed by atoms with E-state index in [1.165, 1.54) is 10.6 Å². The zero-order chi connectivity index (χ0) is 17.0. The summed E-state index contributed by atoms with van der Waals surface area (Å²) in [4.78, 5) is 18.1. The Kier molecular flexibility index (Phi) is 5.27. The van der Waals surface area contributed by atoms with Gasteiger partial charge in [0.2, 0.25) is 0 Å². The van der Waals surface area contributed by atoms with E-state index in [0.29, 0.717) is 0 Å². The van der Waals surface area contributed by atoms with Crippen molar-refractivity contribution in [1.82, 2.24) is 5.06 Å². The van der Waals surface area contributed by atoms with Crippen LogP contribution >= 0.6 is 0 Å². The first-order chi connectivity index (χ1) is 10.9. The summed E-state index contributed by atoms with van der Waals surface area (Å²) >= 11 is 0. The second kappa shape index (κ2) is 7.18. The molecule has 0 saturated carbocycles. The number of ether oxygens (including phenoxy) is 1. The summed E-state index contributed by atoms with van der Waals surface area (Å²) in [6, 6.07) is 11.6. The number of hydroxylamine groups is 2. The summed E-state index contributed by atoms with van der Waals surface area (Å²) in [5.41, 5.74) is 4.10. The molecule has 122 valence electrons. The van der Waals surface area contributed by atoms with Crippen LogP contribution in [0, 0.1) is 20.8 Å². The summed E-state index contributed by atoms with van der Waals surface area (Å²) in [7, 11) is 3.25. The lowest BCUT2D eigenvalue weighted by atomic mass is 10.1. The monoisotopic (exact) mass is 313 g/mol. The Morgan fingerprint density at radius 3 is 2.35 bits per heavy atom. The summed E-state index contributed by atoms with van der Waals surface area (Å²) in [5, 5.41) is 1.30. The Morgan fingerprint density at radius 1 is 1.09 bits per heavy atom. The number of methoxy groups -OCH3 is 1. The van der Waals surface area contributed by atoms with E-state index in [-0.39, 0.29) is 12.3 Å². The largest absolute Gasteiger partial charge is 0.497 e. The lowest BCUT2D eigenvalue weighted by molar-refractivity contribution is -0.151. The molecule has 0 saturated heterocycles. The Morgan fingerprint density at radius 2 is 1.74 bits per heavy atom. The van der Waals surface area contributed by atoms with E-state index in [9.17, 15) is 4.79 Å². The highest BCUT2D eigenvalue weighted by Crippen LogP contribution is 2.25. The first kappa shape index (κ1) is 16.9.